The molecule has 0 aliphatic rings. The lowest BCUT2D eigenvalue weighted by atomic mass is 10.2. The summed E-state index contributed by atoms with van der Waals surface area (Å²) in [5.41, 5.74) is 5.55. The van der Waals surface area contributed by atoms with Crippen LogP contribution in [0.1, 0.15) is 39.5 Å². The first-order valence-electron chi connectivity index (χ1n) is 7.41. The molecule has 0 aliphatic heterocycles. The molecule has 0 aliphatic carbocycles. The van der Waals surface area contributed by atoms with Gasteiger partial charge in [0, 0.05) is 6.26 Å². The molecule has 0 aromatic rings. The third-order valence-electron chi connectivity index (χ3n) is 3.13. The average molecular weight is 370 g/mol. The Morgan fingerprint density at radius 2 is 1.52 bits per heavy atom. The first kappa shape index (κ1) is 22.0. The van der Waals surface area contributed by atoms with Crippen LogP contribution in [0.3, 0.4) is 0 Å². The smallest absolute Gasteiger partial charge is 0.244 e. The van der Waals surface area contributed by atoms with Crippen LogP contribution in [0.4, 0.5) is 0 Å². The van der Waals surface area contributed by atoms with Crippen LogP contribution < -0.4 is 11.1 Å². The number of nitrogens with one attached hydrogen (secondary N) is 1. The Hall–Kier alpha value is -1.00. The number of carbonyl (C=O) groups excluding carboxylic acids is 2. The largest absolute Gasteiger partial charge is 0.319 e. The Labute approximate surface area is 138 Å². The summed E-state index contributed by atoms with van der Waals surface area (Å²) in [6.07, 6.45) is 3.20. The number of nitrogens with two attached hydrogens (primary N) is 1. The summed E-state index contributed by atoms with van der Waals surface area (Å²) in [6, 6.07) is -1.42. The predicted octanol–water partition coefficient (Wildman–Crippen LogP) is -0.615. The zero-order chi connectivity index (χ0) is 18.3. The summed E-state index contributed by atoms with van der Waals surface area (Å²) in [5.74, 6) is -3.44. The molecule has 0 aromatic heterocycles. The van der Waals surface area contributed by atoms with E-state index in [2.05, 4.69) is 0 Å². The minimum atomic E-state index is -3.58. The van der Waals surface area contributed by atoms with Crippen molar-refractivity contribution in [3.05, 3.63) is 0 Å². The van der Waals surface area contributed by atoms with Gasteiger partial charge in [0.15, 0.2) is 19.7 Å². The lowest BCUT2D eigenvalue weighted by Gasteiger charge is -2.18. The van der Waals surface area contributed by atoms with Crippen molar-refractivity contribution in [1.29, 1.82) is 0 Å². The van der Waals surface area contributed by atoms with Crippen LogP contribution in [-0.4, -0.2) is 57.7 Å². The van der Waals surface area contributed by atoms with Crippen LogP contribution in [0.15, 0.2) is 0 Å². The zero-order valence-electron chi connectivity index (χ0n) is 13.7. The standard InChI is InChI=1S/C13H26N2O6S2/c1-4-6-10(7-5-2)23(20,21)8-11(14)13(17)15-12(16)9-22(3,18)19/h10-11H,4-9,14H2,1-3H3,(H,15,16,17)/t11-/m0/s1. The first-order chi connectivity index (χ1) is 10.4. The van der Waals surface area contributed by atoms with Gasteiger partial charge in [-0.15, -0.1) is 0 Å². The Morgan fingerprint density at radius 3 is 1.91 bits per heavy atom. The van der Waals surface area contributed by atoms with E-state index in [1.807, 2.05) is 19.2 Å². The molecule has 0 saturated carbocycles. The third kappa shape index (κ3) is 9.01. The van der Waals surface area contributed by atoms with Crippen molar-refractivity contribution in [3.63, 3.8) is 0 Å². The first-order valence-corrected chi connectivity index (χ1v) is 11.2. The van der Waals surface area contributed by atoms with Crippen LogP contribution >= 0.6 is 0 Å². The van der Waals surface area contributed by atoms with E-state index in [0.29, 0.717) is 25.7 Å². The number of carbonyl (C=O) groups is 2. The fourth-order valence-corrected chi connectivity index (χ4v) is 4.78. The number of sulfone groups is 2. The third-order valence-corrected chi connectivity index (χ3v) is 6.23. The summed E-state index contributed by atoms with van der Waals surface area (Å²) < 4.78 is 46.5. The Kier molecular flexibility index (Phi) is 8.93. The summed E-state index contributed by atoms with van der Waals surface area (Å²) in [4.78, 5) is 23.1. The van der Waals surface area contributed by atoms with E-state index in [0.717, 1.165) is 6.26 Å². The highest BCUT2D eigenvalue weighted by molar-refractivity contribution is 7.92. The highest BCUT2D eigenvalue weighted by Gasteiger charge is 2.29. The van der Waals surface area contributed by atoms with Crippen molar-refractivity contribution in [2.24, 2.45) is 5.73 Å². The van der Waals surface area contributed by atoms with Gasteiger partial charge in [-0.1, -0.05) is 26.7 Å². The molecule has 0 radical (unpaired) electrons. The Bertz CT molecular complexity index is 606. The number of amides is 2. The van der Waals surface area contributed by atoms with Crippen LogP contribution in [0.2, 0.25) is 0 Å². The molecular formula is C13H26N2O6S2. The Morgan fingerprint density at radius 1 is 1.04 bits per heavy atom. The Balaban J connectivity index is 4.80. The van der Waals surface area contributed by atoms with Crippen molar-refractivity contribution in [2.45, 2.75) is 50.8 Å². The predicted molar refractivity (Wildman–Crippen MR) is 88.2 cm³/mol. The molecule has 0 saturated heterocycles. The van der Waals surface area contributed by atoms with Gasteiger partial charge in [-0.25, -0.2) is 16.8 Å². The summed E-state index contributed by atoms with van der Waals surface area (Å²) in [5, 5.41) is 1.25. The molecule has 0 unspecified atom stereocenters. The molecule has 1 atom stereocenters. The maximum absolute atomic E-state index is 12.3. The molecule has 0 spiro atoms. The van der Waals surface area contributed by atoms with Crippen molar-refractivity contribution < 1.29 is 26.4 Å². The molecule has 10 heteroatoms. The van der Waals surface area contributed by atoms with Crippen molar-refractivity contribution in [2.75, 3.05) is 17.8 Å². The van der Waals surface area contributed by atoms with Crippen molar-refractivity contribution in [3.8, 4) is 0 Å². The minimum Gasteiger partial charge on any atom is -0.319 e. The van der Waals surface area contributed by atoms with E-state index in [4.69, 9.17) is 5.73 Å². The highest BCUT2D eigenvalue weighted by atomic mass is 32.2. The molecule has 8 nitrogen and oxygen atoms in total. The van der Waals surface area contributed by atoms with Gasteiger partial charge in [-0.3, -0.25) is 14.9 Å². The summed E-state index contributed by atoms with van der Waals surface area (Å²) in [7, 11) is -7.16. The van der Waals surface area contributed by atoms with Gasteiger partial charge >= 0.3 is 0 Å². The number of hydrogen-bond donors (Lipinski definition) is 2. The molecule has 0 heterocycles. The van der Waals surface area contributed by atoms with Gasteiger partial charge < -0.3 is 5.73 Å². The SMILES string of the molecule is CCCC(CCC)S(=O)(=O)C[C@H](N)C(=O)NC(=O)CS(C)(=O)=O. The van der Waals surface area contributed by atoms with E-state index in [-0.39, 0.29) is 0 Å². The van der Waals surface area contributed by atoms with Crippen molar-refractivity contribution in [1.82, 2.24) is 5.32 Å². The lowest BCUT2D eigenvalue weighted by Crippen LogP contribution is -2.49. The van der Waals surface area contributed by atoms with Crippen LogP contribution in [0.5, 0.6) is 0 Å². The molecular weight excluding hydrogens is 344 g/mol. The molecule has 136 valence electrons. The average Bonchev–Trinajstić information content (AvgIpc) is 2.35. The van der Waals surface area contributed by atoms with Crippen LogP contribution in [-0.2, 0) is 29.3 Å². The fourth-order valence-electron chi connectivity index (χ4n) is 2.11. The normalized spacial score (nSPS) is 13.8. The van der Waals surface area contributed by atoms with E-state index in [9.17, 15) is 26.4 Å². The second-order valence-electron chi connectivity index (χ2n) is 5.62. The molecule has 0 aromatic carbocycles. The van der Waals surface area contributed by atoms with E-state index in [1.54, 1.807) is 0 Å². The molecule has 0 bridgehead atoms. The van der Waals surface area contributed by atoms with Crippen LogP contribution in [0, 0.1) is 0 Å². The quantitative estimate of drug-likeness (QED) is 0.522. The molecule has 2 amide bonds. The monoisotopic (exact) mass is 370 g/mol. The van der Waals surface area contributed by atoms with Crippen molar-refractivity contribution >= 4 is 31.5 Å². The molecule has 23 heavy (non-hydrogen) atoms. The lowest BCUT2D eigenvalue weighted by molar-refractivity contribution is -0.129. The topological polar surface area (TPSA) is 140 Å². The van der Waals surface area contributed by atoms with Gasteiger partial charge in [0.2, 0.25) is 11.8 Å². The second-order valence-corrected chi connectivity index (χ2v) is 10.1. The second kappa shape index (κ2) is 9.33. The molecule has 3 N–H and O–H groups in total. The number of imide groups is 1. The van der Waals surface area contributed by atoms with Crippen LogP contribution in [0.25, 0.3) is 0 Å². The van der Waals surface area contributed by atoms with E-state index < -0.39 is 54.3 Å². The van der Waals surface area contributed by atoms with Gasteiger partial charge in [0.05, 0.1) is 17.0 Å². The van der Waals surface area contributed by atoms with Gasteiger partial charge in [-0.2, -0.15) is 0 Å². The van der Waals surface area contributed by atoms with Gasteiger partial charge in [-0.05, 0) is 12.8 Å². The maximum atomic E-state index is 12.3. The van der Waals surface area contributed by atoms with Gasteiger partial charge in [0.25, 0.3) is 0 Å². The molecule has 0 fully saturated rings. The summed E-state index contributed by atoms with van der Waals surface area (Å²) >= 11 is 0. The fraction of sp³-hybridized carbons (Fsp3) is 0.846. The number of hydrogen-bond acceptors (Lipinski definition) is 7. The number of rotatable bonds is 10. The van der Waals surface area contributed by atoms with E-state index in [1.165, 1.54) is 0 Å². The highest BCUT2D eigenvalue weighted by Crippen LogP contribution is 2.16. The summed E-state index contributed by atoms with van der Waals surface area (Å²) in [6.45, 7) is 3.74. The zero-order valence-corrected chi connectivity index (χ0v) is 15.4. The van der Waals surface area contributed by atoms with Gasteiger partial charge in [0.1, 0.15) is 5.75 Å². The maximum Gasteiger partial charge on any atom is 0.244 e. The molecule has 0 rings (SSSR count). The minimum absolute atomic E-state index is 0.484. The van der Waals surface area contributed by atoms with E-state index >= 15 is 0 Å².